The van der Waals surface area contributed by atoms with Crippen molar-refractivity contribution in [3.05, 3.63) is 54.5 Å². The molecule has 40 heavy (non-hydrogen) atoms. The first-order chi connectivity index (χ1) is 19.1. The molecule has 1 saturated heterocycles. The van der Waals surface area contributed by atoms with Crippen LogP contribution in [0.3, 0.4) is 0 Å². The molecule has 14 nitrogen and oxygen atoms in total. The predicted octanol–water partition coefficient (Wildman–Crippen LogP) is 1.62. The van der Waals surface area contributed by atoms with Crippen molar-refractivity contribution in [2.24, 2.45) is 0 Å². The molecule has 0 spiro atoms. The summed E-state index contributed by atoms with van der Waals surface area (Å²) < 4.78 is 42.9. The number of nitrogens with one attached hydrogen (secondary N) is 1. The van der Waals surface area contributed by atoms with Crippen LogP contribution in [-0.4, -0.2) is 81.6 Å². The van der Waals surface area contributed by atoms with Gasteiger partial charge in [0, 0.05) is 20.1 Å². The Labute approximate surface area is 230 Å². The zero-order valence-corrected chi connectivity index (χ0v) is 23.3. The van der Waals surface area contributed by atoms with Crippen LogP contribution in [-0.2, 0) is 28.1 Å². The number of esters is 1. The van der Waals surface area contributed by atoms with Crippen LogP contribution < -0.4 is 15.3 Å². The Bertz CT molecular complexity index is 1340. The normalized spacial score (nSPS) is 25.0. The molecule has 1 aliphatic heterocycles. The van der Waals surface area contributed by atoms with E-state index in [1.807, 2.05) is 0 Å². The van der Waals surface area contributed by atoms with E-state index in [9.17, 15) is 19.6 Å². The molecule has 3 heterocycles. The van der Waals surface area contributed by atoms with Crippen LogP contribution >= 0.6 is 7.75 Å². The molecule has 1 aromatic carbocycles. The number of anilines is 1. The van der Waals surface area contributed by atoms with Crippen molar-refractivity contribution in [3.8, 4) is 5.75 Å². The van der Waals surface area contributed by atoms with Crippen molar-refractivity contribution < 1.29 is 42.8 Å². The summed E-state index contributed by atoms with van der Waals surface area (Å²) in [4.78, 5) is 16.4. The van der Waals surface area contributed by atoms with Gasteiger partial charge < -0.3 is 34.7 Å². The van der Waals surface area contributed by atoms with Gasteiger partial charge in [0.2, 0.25) is 0 Å². The lowest BCUT2D eigenvalue weighted by atomic mass is 9.97. The number of aromatic nitrogens is 3. The van der Waals surface area contributed by atoms with E-state index in [2.05, 4.69) is 15.2 Å². The number of rotatable bonds is 13. The zero-order chi connectivity index (χ0) is 28.9. The van der Waals surface area contributed by atoms with Gasteiger partial charge in [-0.05, 0) is 38.1 Å². The Hall–Kier alpha value is -3.10. The van der Waals surface area contributed by atoms with E-state index in [0.717, 1.165) is 0 Å². The maximum atomic E-state index is 13.9. The first-order valence-corrected chi connectivity index (χ1v) is 14.2. The van der Waals surface area contributed by atoms with Gasteiger partial charge in [-0.2, -0.15) is 10.2 Å². The van der Waals surface area contributed by atoms with Crippen LogP contribution in [0.15, 0.2) is 48.8 Å². The average molecular weight is 580 g/mol. The number of methoxy groups -OCH3 is 1. The van der Waals surface area contributed by atoms with E-state index in [1.165, 1.54) is 24.7 Å². The largest absolute Gasteiger partial charge is 0.464 e. The smallest absolute Gasteiger partial charge is 0.459 e. The number of ether oxygens (including phenoxy) is 3. The maximum absolute atomic E-state index is 13.9. The third-order valence-electron chi connectivity index (χ3n) is 6.39. The van der Waals surface area contributed by atoms with Crippen molar-refractivity contribution in [2.45, 2.75) is 50.2 Å². The fraction of sp³-hybridized carbons (Fsp3) is 0.480. The lowest BCUT2D eigenvalue weighted by molar-refractivity contribution is -0.145. The summed E-state index contributed by atoms with van der Waals surface area (Å²) in [7, 11) is -2.71. The molecule has 1 fully saturated rings. The molecule has 0 radical (unpaired) electrons. The van der Waals surface area contributed by atoms with E-state index in [4.69, 9.17) is 29.0 Å². The van der Waals surface area contributed by atoms with Crippen molar-refractivity contribution in [1.29, 1.82) is 0 Å². The number of fused-ring (bicyclic) bond motifs is 1. The molecular formula is C25H34N5O9P. The fourth-order valence-corrected chi connectivity index (χ4v) is 5.80. The maximum Gasteiger partial charge on any atom is 0.459 e. The minimum Gasteiger partial charge on any atom is -0.464 e. The Kier molecular flexibility index (Phi) is 9.41. The summed E-state index contributed by atoms with van der Waals surface area (Å²) in [5.74, 6) is -0.222. The van der Waals surface area contributed by atoms with E-state index in [-0.39, 0.29) is 18.2 Å². The van der Waals surface area contributed by atoms with Crippen LogP contribution in [0.5, 0.6) is 5.75 Å². The van der Waals surface area contributed by atoms with Crippen LogP contribution in [0.2, 0.25) is 0 Å². The summed E-state index contributed by atoms with van der Waals surface area (Å²) in [6.07, 6.45) is -2.10. The van der Waals surface area contributed by atoms with Crippen molar-refractivity contribution >= 4 is 25.1 Å². The molecular weight excluding hydrogens is 545 g/mol. The number of nitrogen functional groups attached to an aromatic ring is 1. The second-order valence-corrected chi connectivity index (χ2v) is 11.2. The summed E-state index contributed by atoms with van der Waals surface area (Å²) in [5, 5.41) is 28.6. The quantitative estimate of drug-likeness (QED) is 0.130. The van der Waals surface area contributed by atoms with Crippen molar-refractivity contribution in [1.82, 2.24) is 19.7 Å². The molecule has 0 unspecified atom stereocenters. The Morgan fingerprint density at radius 1 is 1.25 bits per heavy atom. The lowest BCUT2D eigenvalue weighted by Crippen LogP contribution is -2.45. The highest BCUT2D eigenvalue weighted by atomic mass is 31.2. The predicted molar refractivity (Wildman–Crippen MR) is 142 cm³/mol. The molecule has 4 rings (SSSR count). The highest BCUT2D eigenvalue weighted by Crippen LogP contribution is 2.48. The van der Waals surface area contributed by atoms with E-state index >= 15 is 0 Å². The fourth-order valence-electron chi connectivity index (χ4n) is 4.21. The average Bonchev–Trinajstić information content (AvgIpc) is 3.46. The SMILES string of the molecule is COCCCOC(=O)[C@H](C)N[P@](=O)(OC[C@@]1(C)O[C@@H](c2ccc3c(N)ncnn23)[C@H](O)[C@@H]1O)Oc1ccccc1. The van der Waals surface area contributed by atoms with Gasteiger partial charge in [-0.3, -0.25) is 9.32 Å². The molecule has 3 aromatic rings. The number of benzene rings is 1. The number of carbonyl (C=O) groups is 1. The Morgan fingerprint density at radius 2 is 2.00 bits per heavy atom. The van der Waals surface area contributed by atoms with Gasteiger partial charge in [-0.25, -0.2) is 14.1 Å². The van der Waals surface area contributed by atoms with E-state index in [0.29, 0.717) is 24.2 Å². The molecule has 5 N–H and O–H groups in total. The van der Waals surface area contributed by atoms with Gasteiger partial charge >= 0.3 is 13.7 Å². The minimum absolute atomic E-state index is 0.117. The summed E-state index contributed by atoms with van der Waals surface area (Å²) >= 11 is 0. The van der Waals surface area contributed by atoms with Gasteiger partial charge in [0.1, 0.15) is 47.5 Å². The number of hydrogen-bond acceptors (Lipinski definition) is 12. The van der Waals surface area contributed by atoms with Gasteiger partial charge in [0.25, 0.3) is 0 Å². The minimum atomic E-state index is -4.25. The summed E-state index contributed by atoms with van der Waals surface area (Å²) in [6.45, 7) is 3.01. The molecule has 218 valence electrons. The van der Waals surface area contributed by atoms with Gasteiger partial charge in [0.05, 0.1) is 18.9 Å². The number of carbonyl (C=O) groups excluding carboxylic acids is 1. The first kappa shape index (κ1) is 29.9. The lowest BCUT2D eigenvalue weighted by Gasteiger charge is -2.30. The van der Waals surface area contributed by atoms with Crippen molar-refractivity contribution in [3.63, 3.8) is 0 Å². The highest BCUT2D eigenvalue weighted by molar-refractivity contribution is 7.52. The molecule has 15 heteroatoms. The number of nitrogens with two attached hydrogens (primary N) is 1. The Morgan fingerprint density at radius 3 is 2.73 bits per heavy atom. The summed E-state index contributed by atoms with van der Waals surface area (Å²) in [5.41, 5.74) is 5.30. The molecule has 1 aliphatic rings. The molecule has 0 saturated carbocycles. The van der Waals surface area contributed by atoms with Crippen LogP contribution in [0, 0.1) is 0 Å². The number of hydrogen-bond donors (Lipinski definition) is 4. The number of aliphatic hydroxyl groups is 2. The monoisotopic (exact) mass is 579 g/mol. The zero-order valence-electron chi connectivity index (χ0n) is 22.4. The van der Waals surface area contributed by atoms with Gasteiger partial charge in [-0.15, -0.1) is 0 Å². The first-order valence-electron chi connectivity index (χ1n) is 12.6. The topological polar surface area (TPSA) is 189 Å². The second kappa shape index (κ2) is 12.6. The third-order valence-corrected chi connectivity index (χ3v) is 8.01. The van der Waals surface area contributed by atoms with E-state index in [1.54, 1.807) is 49.6 Å². The molecule has 0 bridgehead atoms. The van der Waals surface area contributed by atoms with Crippen LogP contribution in [0.25, 0.3) is 5.52 Å². The number of para-hydroxylation sites is 1. The van der Waals surface area contributed by atoms with Gasteiger partial charge in [0.15, 0.2) is 5.82 Å². The second-order valence-electron chi connectivity index (χ2n) is 9.53. The summed E-state index contributed by atoms with van der Waals surface area (Å²) in [6, 6.07) is 10.5. The van der Waals surface area contributed by atoms with Crippen molar-refractivity contribution in [2.75, 3.05) is 32.7 Å². The standard InChI is InChI=1S/C25H34N5O9P/c1-16(24(33)36-13-7-12-35-3)29-40(34,39-17-8-5-4-6-9-17)37-14-25(2)22(32)20(31)21(38-25)18-10-11-19-23(26)27-15-28-30(18)19/h4-6,8-11,15-16,20-22,31-32H,7,12-14H2,1-3H3,(H,29,34)(H2,26,27,28)/t16-,20-,21-,22-,25+,40-/m0/s1. The van der Waals surface area contributed by atoms with E-state index < -0.39 is 50.3 Å². The van der Waals surface area contributed by atoms with Gasteiger partial charge in [-0.1, -0.05) is 18.2 Å². The van der Waals surface area contributed by atoms with Crippen LogP contribution in [0.4, 0.5) is 5.82 Å². The molecule has 0 aliphatic carbocycles. The number of nitrogens with zero attached hydrogens (tertiary/aromatic N) is 3. The molecule has 0 amide bonds. The third kappa shape index (κ3) is 6.61. The Balaban J connectivity index is 1.50. The molecule has 6 atom stereocenters. The molecule has 2 aromatic heterocycles. The number of aliphatic hydroxyl groups excluding tert-OH is 2. The van der Waals surface area contributed by atoms with Crippen LogP contribution in [0.1, 0.15) is 32.1 Å². The highest BCUT2D eigenvalue weighted by Gasteiger charge is 2.53.